The summed E-state index contributed by atoms with van der Waals surface area (Å²) in [6.07, 6.45) is -2.13. The van der Waals surface area contributed by atoms with Gasteiger partial charge in [0.1, 0.15) is 12.0 Å². The van der Waals surface area contributed by atoms with Gasteiger partial charge in [-0.25, -0.2) is 0 Å². The molecule has 5 nitrogen and oxygen atoms in total. The summed E-state index contributed by atoms with van der Waals surface area (Å²) in [7, 11) is 0. The lowest BCUT2D eigenvalue weighted by Gasteiger charge is -2.31. The molecule has 2 aromatic carbocycles. The van der Waals surface area contributed by atoms with Gasteiger partial charge in [-0.15, -0.1) is 0 Å². The molecule has 0 spiro atoms. The van der Waals surface area contributed by atoms with Crippen molar-refractivity contribution < 1.29 is 27.5 Å². The van der Waals surface area contributed by atoms with E-state index in [4.69, 9.17) is 4.74 Å². The highest BCUT2D eigenvalue weighted by Crippen LogP contribution is 2.30. The Morgan fingerprint density at radius 2 is 1.73 bits per heavy atom. The van der Waals surface area contributed by atoms with E-state index in [2.05, 4.69) is 5.32 Å². The first-order valence-corrected chi connectivity index (χ1v) is 10.9. The molecule has 2 heterocycles. The standard InChI is InChI=1S/C25H25F3N2O3/c26-25(27,28)21-11-10-20(23(31)29-21)24(32)30-22(18-4-2-1-3-5-18)19-8-6-16(7-9-19)17-12-14-33-15-13-17/h1-9,12,20-22H,10-11,13-15H2,(H,29,31)(H,30,32). The van der Waals surface area contributed by atoms with E-state index in [1.807, 2.05) is 66.0 Å². The number of hydrogen-bond acceptors (Lipinski definition) is 3. The minimum Gasteiger partial charge on any atom is -0.377 e. The Hall–Kier alpha value is -3.13. The largest absolute Gasteiger partial charge is 0.408 e. The van der Waals surface area contributed by atoms with Crippen molar-refractivity contribution in [2.24, 2.45) is 5.92 Å². The third kappa shape index (κ3) is 5.45. The van der Waals surface area contributed by atoms with Crippen LogP contribution in [0, 0.1) is 5.92 Å². The number of benzene rings is 2. The zero-order valence-corrected chi connectivity index (χ0v) is 17.9. The van der Waals surface area contributed by atoms with Crippen LogP contribution in [-0.2, 0) is 14.3 Å². The third-order valence-corrected chi connectivity index (χ3v) is 6.09. The van der Waals surface area contributed by atoms with E-state index in [9.17, 15) is 22.8 Å². The number of hydrogen-bond donors (Lipinski definition) is 2. The molecule has 2 N–H and O–H groups in total. The predicted octanol–water partition coefficient (Wildman–Crippen LogP) is 4.15. The lowest BCUT2D eigenvalue weighted by atomic mass is 9.91. The molecule has 4 rings (SSSR count). The quantitative estimate of drug-likeness (QED) is 0.662. The molecule has 2 aliphatic heterocycles. The van der Waals surface area contributed by atoms with Crippen LogP contribution in [0.5, 0.6) is 0 Å². The summed E-state index contributed by atoms with van der Waals surface area (Å²) in [5, 5.41) is 4.83. The highest BCUT2D eigenvalue weighted by Gasteiger charge is 2.46. The molecule has 2 amide bonds. The van der Waals surface area contributed by atoms with Crippen molar-refractivity contribution in [3.63, 3.8) is 0 Å². The maximum atomic E-state index is 13.0. The molecule has 0 aliphatic carbocycles. The molecule has 0 radical (unpaired) electrons. The molecule has 1 fully saturated rings. The molecule has 8 heteroatoms. The van der Waals surface area contributed by atoms with E-state index in [1.54, 1.807) is 0 Å². The Morgan fingerprint density at radius 3 is 2.33 bits per heavy atom. The molecule has 3 atom stereocenters. The van der Waals surface area contributed by atoms with Crippen LogP contribution in [0.15, 0.2) is 60.7 Å². The minimum absolute atomic E-state index is 0.154. The molecule has 3 unspecified atom stereocenters. The molecule has 2 aromatic rings. The topological polar surface area (TPSA) is 67.4 Å². The first kappa shape index (κ1) is 23.0. The van der Waals surface area contributed by atoms with Gasteiger partial charge in [0.05, 0.1) is 19.3 Å². The molecule has 0 aromatic heterocycles. The van der Waals surface area contributed by atoms with Crippen LogP contribution >= 0.6 is 0 Å². The fourth-order valence-electron chi connectivity index (χ4n) is 4.23. The summed E-state index contributed by atoms with van der Waals surface area (Å²) in [5.74, 6) is -2.64. The van der Waals surface area contributed by atoms with Crippen molar-refractivity contribution in [2.45, 2.75) is 37.5 Å². The molecule has 0 saturated carbocycles. The van der Waals surface area contributed by atoms with Gasteiger partial charge in [-0.1, -0.05) is 60.7 Å². The van der Waals surface area contributed by atoms with Crippen LogP contribution in [0.3, 0.4) is 0 Å². The average Bonchev–Trinajstić information content (AvgIpc) is 2.83. The second kappa shape index (κ2) is 9.79. The third-order valence-electron chi connectivity index (χ3n) is 6.09. The summed E-state index contributed by atoms with van der Waals surface area (Å²) >= 11 is 0. The normalized spacial score (nSPS) is 22.2. The number of amides is 2. The molecule has 174 valence electrons. The van der Waals surface area contributed by atoms with Gasteiger partial charge in [-0.2, -0.15) is 13.2 Å². The monoisotopic (exact) mass is 458 g/mol. The maximum Gasteiger partial charge on any atom is 0.408 e. The van der Waals surface area contributed by atoms with Gasteiger partial charge in [0, 0.05) is 0 Å². The van der Waals surface area contributed by atoms with Gasteiger partial charge in [0.2, 0.25) is 11.8 Å². The minimum atomic E-state index is -4.52. The van der Waals surface area contributed by atoms with Gasteiger partial charge < -0.3 is 15.4 Å². The molecular weight excluding hydrogens is 433 g/mol. The van der Waals surface area contributed by atoms with E-state index in [1.165, 1.54) is 5.57 Å². The highest BCUT2D eigenvalue weighted by atomic mass is 19.4. The molecule has 1 saturated heterocycles. The summed E-state index contributed by atoms with van der Waals surface area (Å²) in [4.78, 5) is 25.2. The summed E-state index contributed by atoms with van der Waals surface area (Å²) in [5.41, 5.74) is 3.90. The second-order valence-corrected chi connectivity index (χ2v) is 8.26. The van der Waals surface area contributed by atoms with Gasteiger partial charge in [0.15, 0.2) is 0 Å². The van der Waals surface area contributed by atoms with Crippen molar-refractivity contribution in [2.75, 3.05) is 13.2 Å². The first-order valence-electron chi connectivity index (χ1n) is 10.9. The van der Waals surface area contributed by atoms with Crippen LogP contribution in [0.25, 0.3) is 5.57 Å². The molecule has 33 heavy (non-hydrogen) atoms. The zero-order valence-electron chi connectivity index (χ0n) is 17.9. The fraction of sp³-hybridized carbons (Fsp3) is 0.360. The van der Waals surface area contributed by atoms with Crippen LogP contribution < -0.4 is 10.6 Å². The van der Waals surface area contributed by atoms with Crippen molar-refractivity contribution in [1.82, 2.24) is 10.6 Å². The number of rotatable bonds is 5. The van der Waals surface area contributed by atoms with Crippen LogP contribution in [0.1, 0.15) is 42.0 Å². The Bertz CT molecular complexity index is 1020. The van der Waals surface area contributed by atoms with Crippen molar-refractivity contribution >= 4 is 17.4 Å². The van der Waals surface area contributed by atoms with E-state index >= 15 is 0 Å². The summed E-state index contributed by atoms with van der Waals surface area (Å²) in [6, 6.07) is 14.6. The lowest BCUT2D eigenvalue weighted by Crippen LogP contribution is -2.54. The average molecular weight is 458 g/mol. The number of ether oxygens (including phenoxy) is 1. The highest BCUT2D eigenvalue weighted by molar-refractivity contribution is 6.01. The zero-order chi connectivity index (χ0) is 23.4. The van der Waals surface area contributed by atoms with Crippen LogP contribution in [0.2, 0.25) is 0 Å². The number of alkyl halides is 3. The smallest absolute Gasteiger partial charge is 0.377 e. The Balaban J connectivity index is 1.53. The first-order chi connectivity index (χ1) is 15.8. The van der Waals surface area contributed by atoms with Gasteiger partial charge in [0.25, 0.3) is 0 Å². The van der Waals surface area contributed by atoms with Gasteiger partial charge >= 0.3 is 6.18 Å². The molecule has 0 bridgehead atoms. The van der Waals surface area contributed by atoms with Crippen molar-refractivity contribution in [3.8, 4) is 0 Å². The fourth-order valence-corrected chi connectivity index (χ4v) is 4.23. The van der Waals surface area contributed by atoms with E-state index in [0.29, 0.717) is 13.2 Å². The second-order valence-electron chi connectivity index (χ2n) is 8.26. The molecule has 2 aliphatic rings. The Morgan fingerprint density at radius 1 is 1.03 bits per heavy atom. The molecular formula is C25H25F3N2O3. The number of halogens is 3. The number of piperidine rings is 1. The van der Waals surface area contributed by atoms with E-state index < -0.39 is 36.0 Å². The van der Waals surface area contributed by atoms with Crippen molar-refractivity contribution in [1.29, 1.82) is 0 Å². The van der Waals surface area contributed by atoms with E-state index in [0.717, 1.165) is 23.1 Å². The van der Waals surface area contributed by atoms with E-state index in [-0.39, 0.29) is 12.8 Å². The number of nitrogens with one attached hydrogen (secondary N) is 2. The van der Waals surface area contributed by atoms with Gasteiger partial charge in [-0.3, -0.25) is 9.59 Å². The Kier molecular flexibility index (Phi) is 6.83. The SMILES string of the molecule is O=C(NC(c1ccccc1)c1ccc(C2=CCOCC2)cc1)C1CCC(C(F)(F)F)NC1=O. The summed E-state index contributed by atoms with van der Waals surface area (Å²) in [6.45, 7) is 1.26. The number of carbonyl (C=O) groups is 2. The lowest BCUT2D eigenvalue weighted by molar-refractivity contribution is -0.171. The van der Waals surface area contributed by atoms with Crippen LogP contribution in [0.4, 0.5) is 13.2 Å². The Labute approximate surface area is 190 Å². The van der Waals surface area contributed by atoms with Crippen LogP contribution in [-0.4, -0.2) is 37.2 Å². The maximum absolute atomic E-state index is 13.0. The predicted molar refractivity (Wildman–Crippen MR) is 117 cm³/mol. The summed E-state index contributed by atoms with van der Waals surface area (Å²) < 4.78 is 44.2. The van der Waals surface area contributed by atoms with Crippen molar-refractivity contribution in [3.05, 3.63) is 77.4 Å². The van der Waals surface area contributed by atoms with Gasteiger partial charge in [-0.05, 0) is 41.5 Å². The number of carbonyl (C=O) groups excluding carboxylic acids is 2.